The SMILES string of the molecule is Cc1cccc(C2CCCCC2=O)c1C. The predicted molar refractivity (Wildman–Crippen MR) is 62.1 cm³/mol. The Hall–Kier alpha value is -1.11. The third-order valence-corrected chi connectivity index (χ3v) is 3.58. The Bertz CT molecular complexity index is 379. The van der Waals surface area contributed by atoms with Gasteiger partial charge in [0.2, 0.25) is 0 Å². The molecule has 0 spiro atoms. The molecule has 0 saturated heterocycles. The van der Waals surface area contributed by atoms with E-state index in [1.165, 1.54) is 23.1 Å². The fourth-order valence-corrected chi connectivity index (χ4v) is 2.46. The van der Waals surface area contributed by atoms with Gasteiger partial charge in [0.1, 0.15) is 5.78 Å². The molecule has 1 nitrogen and oxygen atoms in total. The lowest BCUT2D eigenvalue weighted by Crippen LogP contribution is -2.18. The molecule has 1 fully saturated rings. The molecule has 0 bridgehead atoms. The summed E-state index contributed by atoms with van der Waals surface area (Å²) in [5.41, 5.74) is 3.86. The fourth-order valence-electron chi connectivity index (χ4n) is 2.46. The van der Waals surface area contributed by atoms with Crippen molar-refractivity contribution in [2.45, 2.75) is 45.4 Å². The van der Waals surface area contributed by atoms with Gasteiger partial charge in [-0.2, -0.15) is 0 Å². The lowest BCUT2D eigenvalue weighted by atomic mass is 9.80. The molecule has 0 N–H and O–H groups in total. The van der Waals surface area contributed by atoms with Gasteiger partial charge in [0, 0.05) is 12.3 Å². The molecule has 1 saturated carbocycles. The monoisotopic (exact) mass is 202 g/mol. The highest BCUT2D eigenvalue weighted by atomic mass is 16.1. The fraction of sp³-hybridized carbons (Fsp3) is 0.500. The molecule has 0 heterocycles. The summed E-state index contributed by atoms with van der Waals surface area (Å²) < 4.78 is 0. The van der Waals surface area contributed by atoms with Crippen LogP contribution in [-0.2, 0) is 4.79 Å². The highest BCUT2D eigenvalue weighted by Crippen LogP contribution is 2.32. The number of hydrogen-bond donors (Lipinski definition) is 0. The maximum atomic E-state index is 11.9. The van der Waals surface area contributed by atoms with Crippen molar-refractivity contribution in [2.75, 3.05) is 0 Å². The van der Waals surface area contributed by atoms with Crippen LogP contribution >= 0.6 is 0 Å². The Labute approximate surface area is 91.5 Å². The smallest absolute Gasteiger partial charge is 0.140 e. The van der Waals surface area contributed by atoms with Gasteiger partial charge in [-0.15, -0.1) is 0 Å². The molecule has 0 aliphatic heterocycles. The molecule has 1 heteroatoms. The van der Waals surface area contributed by atoms with E-state index in [9.17, 15) is 4.79 Å². The van der Waals surface area contributed by atoms with Crippen molar-refractivity contribution in [1.29, 1.82) is 0 Å². The molecule has 0 aromatic heterocycles. The van der Waals surface area contributed by atoms with Gasteiger partial charge in [-0.25, -0.2) is 0 Å². The molecule has 1 unspecified atom stereocenters. The van der Waals surface area contributed by atoms with Crippen LogP contribution in [0.25, 0.3) is 0 Å². The summed E-state index contributed by atoms with van der Waals surface area (Å²) in [7, 11) is 0. The largest absolute Gasteiger partial charge is 0.299 e. The Balaban J connectivity index is 2.35. The maximum absolute atomic E-state index is 11.9. The van der Waals surface area contributed by atoms with Crippen LogP contribution in [0.4, 0.5) is 0 Å². The highest BCUT2D eigenvalue weighted by molar-refractivity contribution is 5.86. The molecular weight excluding hydrogens is 184 g/mol. The normalized spacial score (nSPS) is 21.7. The summed E-state index contributed by atoms with van der Waals surface area (Å²) in [6.07, 6.45) is 4.10. The average Bonchev–Trinajstić information content (AvgIpc) is 2.23. The number of carbonyl (C=O) groups is 1. The number of aryl methyl sites for hydroxylation is 1. The van der Waals surface area contributed by atoms with Crippen LogP contribution < -0.4 is 0 Å². The van der Waals surface area contributed by atoms with Crippen molar-refractivity contribution in [1.82, 2.24) is 0 Å². The van der Waals surface area contributed by atoms with Crippen molar-refractivity contribution in [3.8, 4) is 0 Å². The van der Waals surface area contributed by atoms with E-state index in [0.29, 0.717) is 5.78 Å². The summed E-state index contributed by atoms with van der Waals surface area (Å²) in [6.45, 7) is 4.25. The second-order valence-corrected chi connectivity index (χ2v) is 4.55. The number of benzene rings is 1. The van der Waals surface area contributed by atoms with E-state index in [1.807, 2.05) is 0 Å². The highest BCUT2D eigenvalue weighted by Gasteiger charge is 2.24. The molecule has 1 aromatic carbocycles. The van der Waals surface area contributed by atoms with E-state index in [-0.39, 0.29) is 5.92 Å². The third-order valence-electron chi connectivity index (χ3n) is 3.58. The summed E-state index contributed by atoms with van der Waals surface area (Å²) in [5.74, 6) is 0.619. The summed E-state index contributed by atoms with van der Waals surface area (Å²) in [6, 6.07) is 6.31. The van der Waals surface area contributed by atoms with E-state index in [2.05, 4.69) is 32.0 Å². The summed E-state index contributed by atoms with van der Waals surface area (Å²) in [4.78, 5) is 11.9. The first-order valence-corrected chi connectivity index (χ1v) is 5.79. The quantitative estimate of drug-likeness (QED) is 0.681. The number of ketones is 1. The topological polar surface area (TPSA) is 17.1 Å². The van der Waals surface area contributed by atoms with E-state index in [0.717, 1.165) is 19.3 Å². The average molecular weight is 202 g/mol. The first-order chi connectivity index (χ1) is 7.20. The maximum Gasteiger partial charge on any atom is 0.140 e. The van der Waals surface area contributed by atoms with E-state index in [1.54, 1.807) is 0 Å². The minimum atomic E-state index is 0.179. The van der Waals surface area contributed by atoms with Crippen LogP contribution in [0, 0.1) is 13.8 Å². The molecule has 15 heavy (non-hydrogen) atoms. The minimum absolute atomic E-state index is 0.179. The van der Waals surface area contributed by atoms with Gasteiger partial charge < -0.3 is 0 Å². The molecule has 0 amide bonds. The van der Waals surface area contributed by atoms with Crippen molar-refractivity contribution in [3.05, 3.63) is 34.9 Å². The van der Waals surface area contributed by atoms with Crippen LogP contribution in [0.1, 0.15) is 48.3 Å². The Morgan fingerprint density at radius 1 is 1.20 bits per heavy atom. The van der Waals surface area contributed by atoms with Crippen LogP contribution in [0.5, 0.6) is 0 Å². The van der Waals surface area contributed by atoms with Gasteiger partial charge >= 0.3 is 0 Å². The lowest BCUT2D eigenvalue weighted by Gasteiger charge is -2.23. The molecule has 2 rings (SSSR count). The lowest BCUT2D eigenvalue weighted by molar-refractivity contribution is -0.121. The molecule has 80 valence electrons. The summed E-state index contributed by atoms with van der Waals surface area (Å²) in [5, 5.41) is 0. The van der Waals surface area contributed by atoms with Gasteiger partial charge in [-0.3, -0.25) is 4.79 Å². The van der Waals surface area contributed by atoms with E-state index < -0.39 is 0 Å². The Kier molecular flexibility index (Phi) is 2.90. The van der Waals surface area contributed by atoms with Crippen LogP contribution in [0.15, 0.2) is 18.2 Å². The van der Waals surface area contributed by atoms with Gasteiger partial charge in [0.25, 0.3) is 0 Å². The second kappa shape index (κ2) is 4.18. The summed E-state index contributed by atoms with van der Waals surface area (Å²) >= 11 is 0. The number of Topliss-reactive ketones (excluding diaryl/α,β-unsaturated/α-hetero) is 1. The van der Waals surface area contributed by atoms with Crippen LogP contribution in [0.3, 0.4) is 0 Å². The zero-order valence-corrected chi connectivity index (χ0v) is 9.55. The Morgan fingerprint density at radius 3 is 2.73 bits per heavy atom. The van der Waals surface area contributed by atoms with Gasteiger partial charge in [-0.1, -0.05) is 24.6 Å². The molecule has 1 aliphatic carbocycles. The van der Waals surface area contributed by atoms with Gasteiger partial charge in [-0.05, 0) is 43.4 Å². The van der Waals surface area contributed by atoms with E-state index >= 15 is 0 Å². The zero-order valence-electron chi connectivity index (χ0n) is 9.55. The first kappa shape index (κ1) is 10.4. The van der Waals surface area contributed by atoms with Crippen molar-refractivity contribution in [2.24, 2.45) is 0 Å². The first-order valence-electron chi connectivity index (χ1n) is 5.79. The molecule has 0 radical (unpaired) electrons. The number of rotatable bonds is 1. The van der Waals surface area contributed by atoms with Crippen LogP contribution in [-0.4, -0.2) is 5.78 Å². The molecule has 1 aromatic rings. The van der Waals surface area contributed by atoms with Crippen molar-refractivity contribution >= 4 is 5.78 Å². The van der Waals surface area contributed by atoms with Crippen molar-refractivity contribution in [3.63, 3.8) is 0 Å². The minimum Gasteiger partial charge on any atom is -0.299 e. The van der Waals surface area contributed by atoms with Gasteiger partial charge in [0.15, 0.2) is 0 Å². The predicted octanol–water partition coefficient (Wildman–Crippen LogP) is 3.53. The zero-order chi connectivity index (χ0) is 10.8. The number of hydrogen-bond acceptors (Lipinski definition) is 1. The van der Waals surface area contributed by atoms with E-state index in [4.69, 9.17) is 0 Å². The Morgan fingerprint density at radius 2 is 2.00 bits per heavy atom. The molecule has 1 aliphatic rings. The van der Waals surface area contributed by atoms with Gasteiger partial charge in [0.05, 0.1) is 0 Å². The van der Waals surface area contributed by atoms with Crippen LogP contribution in [0.2, 0.25) is 0 Å². The number of carbonyl (C=O) groups excluding carboxylic acids is 1. The molecular formula is C14H18O. The third kappa shape index (κ3) is 1.97. The molecule has 1 atom stereocenters. The standard InChI is InChI=1S/C14H18O/c1-10-6-5-8-12(11(10)2)13-7-3-4-9-14(13)15/h5-6,8,13H,3-4,7,9H2,1-2H3. The van der Waals surface area contributed by atoms with Crippen molar-refractivity contribution < 1.29 is 4.79 Å². The second-order valence-electron chi connectivity index (χ2n) is 4.55.